The average molecular weight is 495 g/mol. The van der Waals surface area contributed by atoms with E-state index in [2.05, 4.69) is 37.2 Å². The zero-order valence-corrected chi connectivity index (χ0v) is 16.2. The number of halogens is 5. The molecular weight excluding hydrogens is 483 g/mol. The van der Waals surface area contributed by atoms with Gasteiger partial charge in [0, 0.05) is 20.9 Å². The summed E-state index contributed by atoms with van der Waals surface area (Å²) in [6.45, 7) is 0. The number of carboxylic acids is 1. The summed E-state index contributed by atoms with van der Waals surface area (Å²) in [5, 5.41) is 11.6. The first kappa shape index (κ1) is 20.4. The SMILES string of the molecule is O=C(N[C@H](Cc1cccc(C(F)(F)F)c1)C(=O)O)c1cc(Br)cc(Br)c1. The Morgan fingerprint density at radius 3 is 2.23 bits per heavy atom. The molecular formula is C17H12Br2F3NO3. The summed E-state index contributed by atoms with van der Waals surface area (Å²) in [5.41, 5.74) is -0.508. The molecule has 1 atom stereocenters. The Kier molecular flexibility index (Phi) is 6.46. The Morgan fingerprint density at radius 1 is 1.08 bits per heavy atom. The van der Waals surface area contributed by atoms with Crippen molar-refractivity contribution in [2.45, 2.75) is 18.6 Å². The molecule has 9 heteroatoms. The number of benzene rings is 2. The van der Waals surface area contributed by atoms with Crippen molar-refractivity contribution in [2.24, 2.45) is 0 Å². The van der Waals surface area contributed by atoms with E-state index in [1.165, 1.54) is 24.3 Å². The third kappa shape index (κ3) is 5.57. The highest BCUT2D eigenvalue weighted by Gasteiger charge is 2.31. The summed E-state index contributed by atoms with van der Waals surface area (Å²) in [6, 6.07) is 7.69. The van der Waals surface area contributed by atoms with Gasteiger partial charge in [-0.15, -0.1) is 0 Å². The minimum absolute atomic E-state index is 0.156. The quantitative estimate of drug-likeness (QED) is 0.635. The van der Waals surface area contributed by atoms with Gasteiger partial charge < -0.3 is 10.4 Å². The lowest BCUT2D eigenvalue weighted by Crippen LogP contribution is -2.42. The van der Waals surface area contributed by atoms with Gasteiger partial charge in [0.1, 0.15) is 6.04 Å². The highest BCUT2D eigenvalue weighted by atomic mass is 79.9. The number of hydrogen-bond acceptors (Lipinski definition) is 2. The molecule has 26 heavy (non-hydrogen) atoms. The second-order valence-corrected chi connectivity index (χ2v) is 7.26. The summed E-state index contributed by atoms with van der Waals surface area (Å²) < 4.78 is 39.6. The van der Waals surface area contributed by atoms with Gasteiger partial charge in [0.15, 0.2) is 0 Å². The van der Waals surface area contributed by atoms with Gasteiger partial charge in [-0.05, 0) is 29.8 Å². The summed E-state index contributed by atoms with van der Waals surface area (Å²) >= 11 is 6.45. The van der Waals surface area contributed by atoms with Gasteiger partial charge in [0.2, 0.25) is 0 Å². The van der Waals surface area contributed by atoms with E-state index in [1.54, 1.807) is 6.07 Å². The monoisotopic (exact) mass is 493 g/mol. The first-order valence-corrected chi connectivity index (χ1v) is 8.81. The van der Waals surface area contributed by atoms with Gasteiger partial charge in [-0.2, -0.15) is 13.2 Å². The largest absolute Gasteiger partial charge is 0.480 e. The number of carboxylic acid groups (broad SMARTS) is 1. The molecule has 0 saturated heterocycles. The predicted molar refractivity (Wildman–Crippen MR) is 95.9 cm³/mol. The molecule has 0 aliphatic rings. The number of alkyl halides is 3. The zero-order chi connectivity index (χ0) is 19.5. The van der Waals surface area contributed by atoms with E-state index in [0.717, 1.165) is 12.1 Å². The van der Waals surface area contributed by atoms with Crippen molar-refractivity contribution in [2.75, 3.05) is 0 Å². The minimum atomic E-state index is -4.53. The summed E-state index contributed by atoms with van der Waals surface area (Å²) in [4.78, 5) is 23.7. The van der Waals surface area contributed by atoms with E-state index in [0.29, 0.717) is 8.95 Å². The zero-order valence-electron chi connectivity index (χ0n) is 13.0. The molecule has 0 radical (unpaired) electrons. The number of aliphatic carboxylic acids is 1. The van der Waals surface area contributed by atoms with Crippen molar-refractivity contribution < 1.29 is 27.9 Å². The van der Waals surface area contributed by atoms with Crippen molar-refractivity contribution in [1.29, 1.82) is 0 Å². The van der Waals surface area contributed by atoms with E-state index in [-0.39, 0.29) is 17.5 Å². The lowest BCUT2D eigenvalue weighted by molar-refractivity contribution is -0.139. The van der Waals surface area contributed by atoms with Crippen LogP contribution in [-0.4, -0.2) is 23.0 Å². The molecule has 0 unspecified atom stereocenters. The molecule has 0 aromatic heterocycles. The van der Waals surface area contributed by atoms with Crippen molar-refractivity contribution in [3.8, 4) is 0 Å². The standard InChI is InChI=1S/C17H12Br2F3NO3/c18-12-6-10(7-13(19)8-12)15(24)23-14(16(25)26)5-9-2-1-3-11(4-9)17(20,21)22/h1-4,6-8,14H,5H2,(H,23,24)(H,25,26)/t14-/m1/s1. The van der Waals surface area contributed by atoms with Crippen LogP contribution in [0.4, 0.5) is 13.2 Å². The maximum absolute atomic E-state index is 12.8. The number of rotatable bonds is 5. The molecule has 138 valence electrons. The first-order chi connectivity index (χ1) is 12.1. The molecule has 2 aromatic carbocycles. The van der Waals surface area contributed by atoms with E-state index >= 15 is 0 Å². The molecule has 0 aliphatic heterocycles. The number of carbonyl (C=O) groups is 2. The maximum atomic E-state index is 12.8. The average Bonchev–Trinajstić information content (AvgIpc) is 2.52. The van der Waals surface area contributed by atoms with Crippen LogP contribution in [0.25, 0.3) is 0 Å². The third-order valence-corrected chi connectivity index (χ3v) is 4.34. The lowest BCUT2D eigenvalue weighted by atomic mass is 10.0. The van der Waals surface area contributed by atoms with E-state index in [1.807, 2.05) is 0 Å². The van der Waals surface area contributed by atoms with Gasteiger partial charge in [0.05, 0.1) is 5.56 Å². The molecule has 2 aromatic rings. The van der Waals surface area contributed by atoms with Crippen LogP contribution in [0.15, 0.2) is 51.4 Å². The second kappa shape index (κ2) is 8.22. The Balaban J connectivity index is 2.19. The molecule has 0 bridgehead atoms. The van der Waals surface area contributed by atoms with Gasteiger partial charge in [-0.3, -0.25) is 4.79 Å². The Morgan fingerprint density at radius 2 is 1.69 bits per heavy atom. The van der Waals surface area contributed by atoms with Crippen LogP contribution in [0.1, 0.15) is 21.5 Å². The van der Waals surface area contributed by atoms with E-state index in [9.17, 15) is 27.9 Å². The fraction of sp³-hybridized carbons (Fsp3) is 0.176. The van der Waals surface area contributed by atoms with Crippen LogP contribution >= 0.6 is 31.9 Å². The van der Waals surface area contributed by atoms with Crippen molar-refractivity contribution in [3.63, 3.8) is 0 Å². The Bertz CT molecular complexity index is 820. The smallest absolute Gasteiger partial charge is 0.416 e. The van der Waals surface area contributed by atoms with Gasteiger partial charge in [0.25, 0.3) is 5.91 Å². The minimum Gasteiger partial charge on any atom is -0.480 e. The Hall–Kier alpha value is -1.87. The molecule has 0 fully saturated rings. The number of hydrogen-bond donors (Lipinski definition) is 2. The highest BCUT2D eigenvalue weighted by molar-refractivity contribution is 9.11. The topological polar surface area (TPSA) is 66.4 Å². The van der Waals surface area contributed by atoms with Crippen molar-refractivity contribution in [1.82, 2.24) is 5.32 Å². The van der Waals surface area contributed by atoms with Gasteiger partial charge >= 0.3 is 12.1 Å². The number of nitrogens with one attached hydrogen (secondary N) is 1. The van der Waals surface area contributed by atoms with Gasteiger partial charge in [-0.1, -0.05) is 50.1 Å². The Labute approximate surface area is 163 Å². The van der Waals surface area contributed by atoms with Crippen LogP contribution in [0.3, 0.4) is 0 Å². The fourth-order valence-corrected chi connectivity index (χ4v) is 3.53. The number of carbonyl (C=O) groups excluding carboxylic acids is 1. The lowest BCUT2D eigenvalue weighted by Gasteiger charge is -2.16. The molecule has 0 saturated carbocycles. The van der Waals surface area contributed by atoms with Crippen LogP contribution in [0, 0.1) is 0 Å². The van der Waals surface area contributed by atoms with Crippen LogP contribution in [0.2, 0.25) is 0 Å². The van der Waals surface area contributed by atoms with Gasteiger partial charge in [-0.25, -0.2) is 4.79 Å². The maximum Gasteiger partial charge on any atom is 0.416 e. The normalized spacial score (nSPS) is 12.5. The van der Waals surface area contributed by atoms with Crippen LogP contribution < -0.4 is 5.32 Å². The molecule has 2 N–H and O–H groups in total. The fourth-order valence-electron chi connectivity index (χ4n) is 2.24. The summed E-state index contributed by atoms with van der Waals surface area (Å²) in [6.07, 6.45) is -4.80. The van der Waals surface area contributed by atoms with Crippen LogP contribution in [-0.2, 0) is 17.4 Å². The number of amides is 1. The second-order valence-electron chi connectivity index (χ2n) is 5.42. The predicted octanol–water partition coefficient (Wildman–Crippen LogP) is 4.66. The molecule has 1 amide bonds. The molecule has 4 nitrogen and oxygen atoms in total. The summed E-state index contributed by atoms with van der Waals surface area (Å²) in [7, 11) is 0. The highest BCUT2D eigenvalue weighted by Crippen LogP contribution is 2.29. The van der Waals surface area contributed by atoms with E-state index in [4.69, 9.17) is 0 Å². The third-order valence-electron chi connectivity index (χ3n) is 3.42. The van der Waals surface area contributed by atoms with Crippen LogP contribution in [0.5, 0.6) is 0 Å². The molecule has 0 spiro atoms. The van der Waals surface area contributed by atoms with E-state index < -0.39 is 29.7 Å². The van der Waals surface area contributed by atoms with Crippen molar-refractivity contribution in [3.05, 3.63) is 68.1 Å². The van der Waals surface area contributed by atoms with Crippen molar-refractivity contribution >= 4 is 43.7 Å². The molecule has 2 rings (SSSR count). The summed E-state index contributed by atoms with van der Waals surface area (Å²) in [5.74, 6) is -1.99. The first-order valence-electron chi connectivity index (χ1n) is 7.22. The molecule has 0 heterocycles. The molecule has 0 aliphatic carbocycles.